The number of carbonyl (C=O) groups excluding carboxylic acids is 2. The minimum absolute atomic E-state index is 0.00191. The molecule has 0 unspecified atom stereocenters. The van der Waals surface area contributed by atoms with Gasteiger partial charge in [0.2, 0.25) is 0 Å². The zero-order chi connectivity index (χ0) is 28.3. The third-order valence-electron chi connectivity index (χ3n) is 6.60. The van der Waals surface area contributed by atoms with Crippen molar-refractivity contribution in [1.82, 2.24) is 23.9 Å². The van der Waals surface area contributed by atoms with E-state index < -0.39 is 22.0 Å². The maximum Gasteiger partial charge on any atom is 0.307 e. The van der Waals surface area contributed by atoms with Gasteiger partial charge in [-0.1, -0.05) is 54.6 Å². The van der Waals surface area contributed by atoms with E-state index in [1.54, 1.807) is 54.6 Å². The van der Waals surface area contributed by atoms with Crippen LogP contribution in [0.25, 0.3) is 27.9 Å². The molecule has 10 heteroatoms. The van der Waals surface area contributed by atoms with E-state index in [1.807, 2.05) is 30.5 Å². The molecule has 2 amide bonds. The van der Waals surface area contributed by atoms with E-state index in [0.29, 0.717) is 35.0 Å². The van der Waals surface area contributed by atoms with Crippen LogP contribution in [0.15, 0.2) is 97.0 Å². The molecule has 0 saturated heterocycles. The van der Waals surface area contributed by atoms with Gasteiger partial charge in [0.1, 0.15) is 5.70 Å². The second-order valence-corrected chi connectivity index (χ2v) is 11.5. The number of benzene rings is 3. The summed E-state index contributed by atoms with van der Waals surface area (Å²) in [5.41, 5.74) is 3.39. The summed E-state index contributed by atoms with van der Waals surface area (Å²) in [4.78, 5) is 29.7. The Morgan fingerprint density at radius 2 is 1.60 bits per heavy atom. The number of fused-ring (bicyclic) bond motifs is 2. The lowest BCUT2D eigenvalue weighted by Crippen LogP contribution is -2.35. The molecule has 3 aromatic carbocycles. The highest BCUT2D eigenvalue weighted by atomic mass is 32.2. The van der Waals surface area contributed by atoms with Crippen molar-refractivity contribution in [3.63, 3.8) is 0 Å². The summed E-state index contributed by atoms with van der Waals surface area (Å²) in [7, 11) is -0.931. The number of aromatic nitrogens is 2. The van der Waals surface area contributed by atoms with Gasteiger partial charge in [0.25, 0.3) is 11.8 Å². The standard InChI is InChI=1S/C30H29N5O4S/c1-34(2)40(38,39)35-20-23(25-13-7-9-15-28(25)35)18-27(33-29(36)21-10-4-3-5-11-21)30(37)31-17-16-22-19-32-26-14-8-6-12-24(22)26/h3-15,18-20,32H,16-17H2,1-2H3,(H,31,37)(H,33,36)/b27-18-. The number of carbonyl (C=O) groups is 2. The van der Waals surface area contributed by atoms with Crippen LogP contribution in [0.1, 0.15) is 21.5 Å². The number of hydrogen-bond donors (Lipinski definition) is 3. The topological polar surface area (TPSA) is 116 Å². The molecule has 0 aliphatic rings. The van der Waals surface area contributed by atoms with Crippen molar-refractivity contribution >= 4 is 49.9 Å². The molecule has 0 saturated carbocycles. The smallest absolute Gasteiger partial charge is 0.307 e. The zero-order valence-corrected chi connectivity index (χ0v) is 22.9. The van der Waals surface area contributed by atoms with Crippen molar-refractivity contribution in [2.75, 3.05) is 20.6 Å². The molecule has 40 heavy (non-hydrogen) atoms. The van der Waals surface area contributed by atoms with E-state index in [2.05, 4.69) is 15.6 Å². The van der Waals surface area contributed by atoms with E-state index in [1.165, 1.54) is 30.3 Å². The van der Waals surface area contributed by atoms with Crippen LogP contribution in [-0.4, -0.2) is 54.1 Å². The highest BCUT2D eigenvalue weighted by Gasteiger charge is 2.22. The van der Waals surface area contributed by atoms with Crippen LogP contribution in [0, 0.1) is 0 Å². The first kappa shape index (κ1) is 26.9. The molecule has 9 nitrogen and oxygen atoms in total. The maximum absolute atomic E-state index is 13.4. The number of nitrogens with one attached hydrogen (secondary N) is 3. The van der Waals surface area contributed by atoms with Crippen molar-refractivity contribution in [3.8, 4) is 0 Å². The average molecular weight is 556 g/mol. The molecule has 3 N–H and O–H groups in total. The lowest BCUT2D eigenvalue weighted by Gasteiger charge is -2.13. The van der Waals surface area contributed by atoms with Crippen LogP contribution in [0.2, 0.25) is 0 Å². The number of rotatable bonds is 9. The van der Waals surface area contributed by atoms with Gasteiger partial charge < -0.3 is 15.6 Å². The maximum atomic E-state index is 13.4. The van der Waals surface area contributed by atoms with Crippen molar-refractivity contribution in [3.05, 3.63) is 114 Å². The molecule has 0 radical (unpaired) electrons. The normalized spacial score (nSPS) is 12.2. The summed E-state index contributed by atoms with van der Waals surface area (Å²) in [6.45, 7) is 0.329. The molecule has 0 fully saturated rings. The minimum Gasteiger partial charge on any atom is -0.361 e. The predicted octanol–water partition coefficient (Wildman–Crippen LogP) is 3.91. The van der Waals surface area contributed by atoms with Gasteiger partial charge in [0.15, 0.2) is 0 Å². The van der Waals surface area contributed by atoms with Gasteiger partial charge in [-0.2, -0.15) is 12.7 Å². The summed E-state index contributed by atoms with van der Waals surface area (Å²) < 4.78 is 28.3. The molecule has 0 aliphatic heterocycles. The molecule has 2 aromatic heterocycles. The van der Waals surface area contributed by atoms with Gasteiger partial charge in [-0.25, -0.2) is 3.97 Å². The molecule has 0 atom stereocenters. The fourth-order valence-corrected chi connectivity index (χ4v) is 5.51. The Labute approximate surface area is 232 Å². The predicted molar refractivity (Wildman–Crippen MR) is 157 cm³/mol. The van der Waals surface area contributed by atoms with Crippen LogP contribution >= 0.6 is 0 Å². The van der Waals surface area contributed by atoms with E-state index in [4.69, 9.17) is 0 Å². The van der Waals surface area contributed by atoms with Crippen LogP contribution in [-0.2, 0) is 21.4 Å². The molecular formula is C30H29N5O4S. The van der Waals surface area contributed by atoms with E-state index in [9.17, 15) is 18.0 Å². The summed E-state index contributed by atoms with van der Waals surface area (Å²) in [5, 5.41) is 7.32. The lowest BCUT2D eigenvalue weighted by molar-refractivity contribution is -0.117. The van der Waals surface area contributed by atoms with Crippen molar-refractivity contribution in [1.29, 1.82) is 0 Å². The van der Waals surface area contributed by atoms with Gasteiger partial charge in [0.05, 0.1) is 5.52 Å². The van der Waals surface area contributed by atoms with E-state index in [0.717, 1.165) is 20.8 Å². The second kappa shape index (κ2) is 11.2. The number of hydrogen-bond acceptors (Lipinski definition) is 4. The zero-order valence-electron chi connectivity index (χ0n) is 22.1. The Kier molecular flexibility index (Phi) is 7.54. The second-order valence-electron chi connectivity index (χ2n) is 9.43. The Morgan fingerprint density at radius 3 is 2.35 bits per heavy atom. The fourth-order valence-electron chi connectivity index (χ4n) is 4.50. The molecule has 0 bridgehead atoms. The Morgan fingerprint density at radius 1 is 0.925 bits per heavy atom. The molecule has 2 heterocycles. The Bertz CT molecular complexity index is 1840. The van der Waals surface area contributed by atoms with E-state index >= 15 is 0 Å². The van der Waals surface area contributed by atoms with Crippen LogP contribution in [0.5, 0.6) is 0 Å². The first-order valence-electron chi connectivity index (χ1n) is 12.7. The molecule has 5 aromatic rings. The van der Waals surface area contributed by atoms with Gasteiger partial charge in [0, 0.05) is 60.4 Å². The Balaban J connectivity index is 1.47. The summed E-state index contributed by atoms with van der Waals surface area (Å²) in [6, 6.07) is 23.5. The third-order valence-corrected chi connectivity index (χ3v) is 8.32. The minimum atomic E-state index is -3.83. The Hall–Kier alpha value is -4.67. The third kappa shape index (κ3) is 5.40. The lowest BCUT2D eigenvalue weighted by atomic mass is 10.1. The monoisotopic (exact) mass is 555 g/mol. The largest absolute Gasteiger partial charge is 0.361 e. The highest BCUT2D eigenvalue weighted by molar-refractivity contribution is 7.87. The number of H-pyrrole nitrogens is 1. The summed E-state index contributed by atoms with van der Waals surface area (Å²) >= 11 is 0. The molecule has 204 valence electrons. The van der Waals surface area contributed by atoms with Gasteiger partial charge in [-0.15, -0.1) is 0 Å². The summed E-state index contributed by atoms with van der Waals surface area (Å²) in [5.74, 6) is -0.945. The summed E-state index contributed by atoms with van der Waals surface area (Å²) in [6.07, 6.45) is 5.46. The first-order valence-corrected chi connectivity index (χ1v) is 14.1. The van der Waals surface area contributed by atoms with E-state index in [-0.39, 0.29) is 5.70 Å². The number of nitrogens with zero attached hydrogens (tertiary/aromatic N) is 2. The quantitative estimate of drug-likeness (QED) is 0.239. The van der Waals surface area contributed by atoms with Crippen LogP contribution < -0.4 is 10.6 Å². The van der Waals surface area contributed by atoms with Gasteiger partial charge in [-0.05, 0) is 42.3 Å². The molecular weight excluding hydrogens is 526 g/mol. The average Bonchev–Trinajstić information content (AvgIpc) is 3.55. The fraction of sp³-hybridized carbons (Fsp3) is 0.133. The number of amides is 2. The number of aromatic amines is 1. The molecule has 0 spiro atoms. The van der Waals surface area contributed by atoms with Crippen molar-refractivity contribution in [2.24, 2.45) is 0 Å². The first-order chi connectivity index (χ1) is 19.3. The molecule has 5 rings (SSSR count). The van der Waals surface area contributed by atoms with Crippen LogP contribution in [0.3, 0.4) is 0 Å². The number of para-hydroxylation sites is 2. The van der Waals surface area contributed by atoms with Crippen LogP contribution in [0.4, 0.5) is 0 Å². The SMILES string of the molecule is CN(C)S(=O)(=O)n1cc(/C=C(\NC(=O)c2ccccc2)C(=O)NCCc2c[nH]c3ccccc23)c2ccccc21. The van der Waals surface area contributed by atoms with Crippen molar-refractivity contribution in [2.45, 2.75) is 6.42 Å². The van der Waals surface area contributed by atoms with Gasteiger partial charge in [-0.3, -0.25) is 9.59 Å². The highest BCUT2D eigenvalue weighted by Crippen LogP contribution is 2.26. The van der Waals surface area contributed by atoms with Gasteiger partial charge >= 0.3 is 10.2 Å². The van der Waals surface area contributed by atoms with Crippen molar-refractivity contribution < 1.29 is 18.0 Å². The molecule has 0 aliphatic carbocycles.